The van der Waals surface area contributed by atoms with E-state index < -0.39 is 5.60 Å². The molecule has 8 heteroatoms. The van der Waals surface area contributed by atoms with Gasteiger partial charge < -0.3 is 19.2 Å². The number of terminal acetylenes is 1. The lowest BCUT2D eigenvalue weighted by molar-refractivity contribution is 0.0205. The third kappa shape index (κ3) is 5.66. The van der Waals surface area contributed by atoms with E-state index in [-0.39, 0.29) is 18.8 Å². The number of rotatable bonds is 5. The van der Waals surface area contributed by atoms with Crippen LogP contribution in [-0.4, -0.2) is 47.0 Å². The SMILES string of the molecule is C#CCOc1ccccc1C1CC(c2csc(C3CCN(C(=O)OC(C)(C)C)CC3)n2)=NO1. The predicted molar refractivity (Wildman–Crippen MR) is 128 cm³/mol. The molecular weight excluding hydrogens is 438 g/mol. The van der Waals surface area contributed by atoms with Crippen molar-refractivity contribution in [2.45, 2.75) is 57.7 Å². The zero-order chi connectivity index (χ0) is 23.4. The second-order valence-corrected chi connectivity index (χ2v) is 10.1. The summed E-state index contributed by atoms with van der Waals surface area (Å²) in [6.45, 7) is 7.22. The molecule has 2 aliphatic rings. The summed E-state index contributed by atoms with van der Waals surface area (Å²) < 4.78 is 11.1. The van der Waals surface area contributed by atoms with Crippen molar-refractivity contribution in [1.82, 2.24) is 9.88 Å². The van der Waals surface area contributed by atoms with Crippen LogP contribution in [0.1, 0.15) is 68.3 Å². The van der Waals surface area contributed by atoms with E-state index in [0.717, 1.165) is 34.8 Å². The zero-order valence-corrected chi connectivity index (χ0v) is 20.1. The third-order valence-corrected chi connectivity index (χ3v) is 6.57. The van der Waals surface area contributed by atoms with Gasteiger partial charge in [0.2, 0.25) is 0 Å². The molecular formula is C25H29N3O4S. The number of piperidine rings is 1. The van der Waals surface area contributed by atoms with Crippen LogP contribution in [-0.2, 0) is 9.57 Å². The van der Waals surface area contributed by atoms with E-state index in [9.17, 15) is 4.79 Å². The molecule has 0 N–H and O–H groups in total. The Kier molecular flexibility index (Phi) is 6.89. The van der Waals surface area contributed by atoms with E-state index in [0.29, 0.717) is 31.2 Å². The molecule has 0 saturated carbocycles. The van der Waals surface area contributed by atoms with Crippen LogP contribution in [0.5, 0.6) is 5.75 Å². The fourth-order valence-electron chi connectivity index (χ4n) is 3.94. The Morgan fingerprint density at radius 2 is 2.06 bits per heavy atom. The molecule has 1 amide bonds. The van der Waals surface area contributed by atoms with Gasteiger partial charge in [0.15, 0.2) is 6.10 Å². The van der Waals surface area contributed by atoms with Gasteiger partial charge in [0.05, 0.1) is 10.7 Å². The van der Waals surface area contributed by atoms with Crippen LogP contribution < -0.4 is 4.74 Å². The summed E-state index contributed by atoms with van der Waals surface area (Å²) in [6, 6.07) is 7.72. The van der Waals surface area contributed by atoms with E-state index in [1.54, 1.807) is 16.2 Å². The number of ether oxygens (including phenoxy) is 2. The van der Waals surface area contributed by atoms with Crippen molar-refractivity contribution in [2.24, 2.45) is 5.16 Å². The van der Waals surface area contributed by atoms with Gasteiger partial charge in [0.25, 0.3) is 0 Å². The largest absolute Gasteiger partial charge is 0.481 e. The molecule has 1 saturated heterocycles. The summed E-state index contributed by atoms with van der Waals surface area (Å²) in [7, 11) is 0. The number of para-hydroxylation sites is 1. The molecule has 0 aliphatic carbocycles. The lowest BCUT2D eigenvalue weighted by atomic mass is 9.98. The van der Waals surface area contributed by atoms with Crippen molar-refractivity contribution >= 4 is 23.1 Å². The molecule has 1 atom stereocenters. The van der Waals surface area contributed by atoms with Crippen LogP contribution in [0.4, 0.5) is 4.79 Å². The molecule has 3 heterocycles. The highest BCUT2D eigenvalue weighted by molar-refractivity contribution is 7.10. The van der Waals surface area contributed by atoms with Gasteiger partial charge >= 0.3 is 6.09 Å². The molecule has 1 aromatic heterocycles. The minimum atomic E-state index is -0.478. The van der Waals surface area contributed by atoms with E-state index >= 15 is 0 Å². The molecule has 33 heavy (non-hydrogen) atoms. The van der Waals surface area contributed by atoms with Crippen molar-refractivity contribution in [3.05, 3.63) is 45.9 Å². The molecule has 1 aromatic carbocycles. The molecule has 1 fully saturated rings. The Hall–Kier alpha value is -3.05. The number of likely N-dealkylation sites (tertiary alicyclic amines) is 1. The molecule has 0 radical (unpaired) electrons. The first-order valence-corrected chi connectivity index (χ1v) is 12.0. The summed E-state index contributed by atoms with van der Waals surface area (Å²) in [4.78, 5) is 24.7. The summed E-state index contributed by atoms with van der Waals surface area (Å²) in [5, 5.41) is 7.43. The highest BCUT2D eigenvalue weighted by Crippen LogP contribution is 2.36. The summed E-state index contributed by atoms with van der Waals surface area (Å²) in [5.74, 6) is 3.54. The molecule has 2 aromatic rings. The van der Waals surface area contributed by atoms with Crippen LogP contribution in [0.25, 0.3) is 0 Å². The maximum atomic E-state index is 12.3. The monoisotopic (exact) mass is 467 g/mol. The average Bonchev–Trinajstić information content (AvgIpc) is 3.47. The first-order chi connectivity index (χ1) is 15.8. The van der Waals surface area contributed by atoms with Crippen LogP contribution in [0.3, 0.4) is 0 Å². The molecule has 0 spiro atoms. The topological polar surface area (TPSA) is 73.2 Å². The van der Waals surface area contributed by atoms with Crippen LogP contribution >= 0.6 is 11.3 Å². The van der Waals surface area contributed by atoms with Crippen LogP contribution in [0.15, 0.2) is 34.8 Å². The first kappa shape index (κ1) is 23.1. The Morgan fingerprint density at radius 3 is 2.79 bits per heavy atom. The van der Waals surface area contributed by atoms with Crippen molar-refractivity contribution in [1.29, 1.82) is 0 Å². The molecule has 4 rings (SSSR count). The summed E-state index contributed by atoms with van der Waals surface area (Å²) in [5.41, 5.74) is 2.14. The fraction of sp³-hybridized carbons (Fsp3) is 0.480. The van der Waals surface area contributed by atoms with E-state index in [1.807, 2.05) is 50.4 Å². The van der Waals surface area contributed by atoms with E-state index in [2.05, 4.69) is 11.1 Å². The predicted octanol–water partition coefficient (Wildman–Crippen LogP) is 5.14. The summed E-state index contributed by atoms with van der Waals surface area (Å²) >= 11 is 1.64. The minimum Gasteiger partial charge on any atom is -0.481 e. The van der Waals surface area contributed by atoms with Gasteiger partial charge in [-0.3, -0.25) is 0 Å². The molecule has 7 nitrogen and oxygen atoms in total. The normalized spacial score (nSPS) is 18.9. The number of carbonyl (C=O) groups is 1. The third-order valence-electron chi connectivity index (χ3n) is 5.56. The first-order valence-electron chi connectivity index (χ1n) is 11.2. The van der Waals surface area contributed by atoms with E-state index in [4.69, 9.17) is 25.7 Å². The second-order valence-electron chi connectivity index (χ2n) is 9.18. The number of nitrogens with zero attached hydrogens (tertiary/aromatic N) is 3. The highest BCUT2D eigenvalue weighted by atomic mass is 32.1. The number of benzene rings is 1. The molecule has 1 unspecified atom stereocenters. The quantitative estimate of drug-likeness (QED) is 0.570. The fourth-order valence-corrected chi connectivity index (χ4v) is 4.94. The number of amides is 1. The summed E-state index contributed by atoms with van der Waals surface area (Å²) in [6.07, 6.45) is 7.23. The smallest absolute Gasteiger partial charge is 0.410 e. The average molecular weight is 468 g/mol. The van der Waals surface area contributed by atoms with E-state index in [1.165, 1.54) is 0 Å². The van der Waals surface area contributed by atoms with Crippen molar-refractivity contribution in [2.75, 3.05) is 19.7 Å². The maximum absolute atomic E-state index is 12.3. The lowest BCUT2D eigenvalue weighted by Gasteiger charge is -2.32. The number of carbonyl (C=O) groups excluding carboxylic acids is 1. The van der Waals surface area contributed by atoms with Gasteiger partial charge in [0.1, 0.15) is 23.7 Å². The number of thiazole rings is 1. The standard InChI is InChI=1S/C25H29N3O4S/c1-5-14-30-21-9-7-6-8-18(21)22-15-19(27-32-22)20-16-33-23(26-20)17-10-12-28(13-11-17)24(29)31-25(2,3)4/h1,6-9,16-17,22H,10-15H2,2-4H3. The Labute approximate surface area is 198 Å². The van der Waals surface area contributed by atoms with Crippen LogP contribution in [0.2, 0.25) is 0 Å². The Balaban J connectivity index is 1.35. The molecule has 2 aliphatic heterocycles. The maximum Gasteiger partial charge on any atom is 0.410 e. The van der Waals surface area contributed by atoms with Gasteiger partial charge in [-0.25, -0.2) is 9.78 Å². The second kappa shape index (κ2) is 9.84. The van der Waals surface area contributed by atoms with Crippen molar-refractivity contribution in [3.63, 3.8) is 0 Å². The Bertz CT molecular complexity index is 1060. The number of aromatic nitrogens is 1. The Morgan fingerprint density at radius 1 is 1.30 bits per heavy atom. The highest BCUT2D eigenvalue weighted by Gasteiger charge is 2.31. The molecule has 174 valence electrons. The van der Waals surface area contributed by atoms with Gasteiger partial charge in [-0.2, -0.15) is 0 Å². The van der Waals surface area contributed by atoms with Crippen LogP contribution in [0, 0.1) is 12.3 Å². The minimum absolute atomic E-state index is 0.208. The van der Waals surface area contributed by atoms with Gasteiger partial charge in [0, 0.05) is 36.4 Å². The van der Waals surface area contributed by atoms with Crippen molar-refractivity contribution in [3.8, 4) is 18.1 Å². The lowest BCUT2D eigenvalue weighted by Crippen LogP contribution is -2.41. The van der Waals surface area contributed by atoms with Gasteiger partial charge in [-0.05, 0) is 39.7 Å². The number of oxime groups is 1. The van der Waals surface area contributed by atoms with Crippen molar-refractivity contribution < 1.29 is 19.1 Å². The van der Waals surface area contributed by atoms with Gasteiger partial charge in [-0.15, -0.1) is 17.8 Å². The van der Waals surface area contributed by atoms with Gasteiger partial charge in [-0.1, -0.05) is 29.3 Å². The number of hydrogen-bond acceptors (Lipinski definition) is 7. The number of hydrogen-bond donors (Lipinski definition) is 0. The molecule has 0 bridgehead atoms. The zero-order valence-electron chi connectivity index (χ0n) is 19.2.